The number of amides is 10. The number of carbonyl (C=O) groups excluding carboxylic acids is 10. The SMILES string of the molecule is CCCC[C@H](NC(C)=O)C(=O)N[C@H]1CSSC[C@@H](C(N)=O)NC(=O)[C@H](C)NC(=O)[C@H](Cc2c[nH]c3ccccc23)NC(=O)[C@H](CCCN=C(N)N)NC(=O)[C@@H](Cc2ccccc2)NC(=O)[C@H](Cc2cnc[nH]2)NC(=O)[C@@H](C)NC1=O. The number of rotatable bonds is 17. The van der Waals surface area contributed by atoms with Crippen LogP contribution in [-0.4, -0.2) is 152 Å². The van der Waals surface area contributed by atoms with E-state index in [0.29, 0.717) is 29.7 Å². The van der Waals surface area contributed by atoms with Crippen LogP contribution in [-0.2, 0) is 67.2 Å². The van der Waals surface area contributed by atoms with Crippen molar-refractivity contribution in [2.45, 2.75) is 133 Å². The van der Waals surface area contributed by atoms with Gasteiger partial charge in [0.05, 0.1) is 6.33 Å². The smallest absolute Gasteiger partial charge is 0.244 e. The lowest BCUT2D eigenvalue weighted by atomic mass is 10.0. The van der Waals surface area contributed by atoms with Gasteiger partial charge in [-0.05, 0) is 50.3 Å². The van der Waals surface area contributed by atoms with Crippen molar-refractivity contribution >= 4 is 97.5 Å². The van der Waals surface area contributed by atoms with Crippen molar-refractivity contribution in [2.75, 3.05) is 18.1 Å². The topological polar surface area (TPSA) is 414 Å². The third kappa shape index (κ3) is 19.9. The number of nitrogens with two attached hydrogens (primary N) is 3. The van der Waals surface area contributed by atoms with Crippen LogP contribution in [0.4, 0.5) is 0 Å². The maximum atomic E-state index is 14.7. The average Bonchev–Trinajstić information content (AvgIpc) is 4.11. The molecule has 10 amide bonds. The molecule has 4 aromatic rings. The summed E-state index contributed by atoms with van der Waals surface area (Å²) in [6.07, 6.45) is 5.68. The predicted octanol–water partition coefficient (Wildman–Crippen LogP) is -1.53. The summed E-state index contributed by atoms with van der Waals surface area (Å²) in [6.45, 7) is 5.92. The van der Waals surface area contributed by atoms with Crippen LogP contribution in [0.2, 0.25) is 0 Å². The zero-order valence-corrected chi connectivity index (χ0v) is 46.6. The second-order valence-electron chi connectivity index (χ2n) is 19.2. The van der Waals surface area contributed by atoms with Gasteiger partial charge in [-0.2, -0.15) is 0 Å². The summed E-state index contributed by atoms with van der Waals surface area (Å²) in [7, 11) is 2.04. The van der Waals surface area contributed by atoms with Gasteiger partial charge in [-0.25, -0.2) is 4.98 Å². The van der Waals surface area contributed by atoms with E-state index in [9.17, 15) is 47.9 Å². The number of carbonyl (C=O) groups is 10. The highest BCUT2D eigenvalue weighted by atomic mass is 33.1. The van der Waals surface area contributed by atoms with Crippen molar-refractivity contribution < 1.29 is 47.9 Å². The molecule has 0 radical (unpaired) electrons. The summed E-state index contributed by atoms with van der Waals surface area (Å²) >= 11 is 0. The van der Waals surface area contributed by atoms with E-state index >= 15 is 0 Å². The molecule has 26 nitrogen and oxygen atoms in total. The molecule has 2 aromatic carbocycles. The summed E-state index contributed by atoms with van der Waals surface area (Å²) in [4.78, 5) is 153. The van der Waals surface area contributed by atoms with E-state index < -0.39 is 113 Å². The van der Waals surface area contributed by atoms with Gasteiger partial charge in [0.15, 0.2) is 5.96 Å². The van der Waals surface area contributed by atoms with Crippen LogP contribution < -0.4 is 65.1 Å². The zero-order chi connectivity index (χ0) is 58.3. The Morgan fingerprint density at radius 1 is 0.688 bits per heavy atom. The third-order valence-electron chi connectivity index (χ3n) is 12.7. The molecule has 9 atom stereocenters. The molecule has 1 aliphatic heterocycles. The fraction of sp³-hybridized carbons (Fsp3) is 0.462. The predicted molar refractivity (Wildman–Crippen MR) is 302 cm³/mol. The summed E-state index contributed by atoms with van der Waals surface area (Å²) in [6, 6.07) is 4.03. The number of hydrogen-bond acceptors (Lipinski definition) is 14. The monoisotopic (exact) mass is 1140 g/mol. The Hall–Kier alpha value is -8.14. The molecular formula is C52H72N16O10S2. The van der Waals surface area contributed by atoms with Crippen LogP contribution in [0.25, 0.3) is 10.9 Å². The number of hydrogen-bond donors (Lipinski definition) is 14. The zero-order valence-electron chi connectivity index (χ0n) is 44.9. The first kappa shape index (κ1) is 62.7. The summed E-state index contributed by atoms with van der Waals surface area (Å²) < 4.78 is 0. The first-order valence-corrected chi connectivity index (χ1v) is 28.6. The Bertz CT molecular complexity index is 2810. The minimum atomic E-state index is -1.41. The molecule has 17 N–H and O–H groups in total. The highest BCUT2D eigenvalue weighted by Gasteiger charge is 2.35. The maximum absolute atomic E-state index is 14.7. The first-order valence-electron chi connectivity index (χ1n) is 26.1. The molecule has 432 valence electrons. The fourth-order valence-corrected chi connectivity index (χ4v) is 10.7. The molecule has 0 bridgehead atoms. The molecule has 5 rings (SSSR count). The molecule has 1 aliphatic rings. The standard InChI is InChI=1S/C52H72N16O10S2/c1-5-6-16-36(62-30(4)69)46(73)68-42-26-80-79-25-41(43(53)70)67-45(72)29(3)60-48(75)39(21-32-23-58-35-17-11-10-15-34(32)35)66-47(74)37(18-12-19-57-52(54)55)63-49(76)38(20-31-13-8-7-9-14-31)65-50(77)40(22-33-24-56-27-59-33)64-44(71)28(2)61-51(42)78/h7-11,13-15,17,23-24,27-29,36-42,58H,5-6,12,16,18-22,25-26H2,1-4H3,(H2,53,70)(H,56,59)(H,60,75)(H,61,78)(H,62,69)(H,63,76)(H,64,71)(H,65,77)(H,66,74)(H,67,72)(H,68,73)(H4,54,55,57)/t28-,29+,36+,37+,38-,39+,40+,41+,42+/m1/s1. The minimum absolute atomic E-state index is 0.0444. The highest BCUT2D eigenvalue weighted by molar-refractivity contribution is 8.76. The Balaban J connectivity index is 1.55. The maximum Gasteiger partial charge on any atom is 0.244 e. The Labute approximate surface area is 470 Å². The molecule has 28 heteroatoms. The van der Waals surface area contributed by atoms with E-state index in [1.54, 1.807) is 42.6 Å². The largest absolute Gasteiger partial charge is 0.370 e. The van der Waals surface area contributed by atoms with Crippen LogP contribution in [0.5, 0.6) is 0 Å². The van der Waals surface area contributed by atoms with Crippen molar-refractivity contribution in [1.82, 2.24) is 62.8 Å². The van der Waals surface area contributed by atoms with Crippen LogP contribution in [0.1, 0.15) is 76.6 Å². The van der Waals surface area contributed by atoms with E-state index in [-0.39, 0.29) is 62.5 Å². The lowest BCUT2D eigenvalue weighted by Gasteiger charge is -2.28. The van der Waals surface area contributed by atoms with Gasteiger partial charge < -0.3 is 75.0 Å². The molecule has 1 saturated heterocycles. The van der Waals surface area contributed by atoms with Gasteiger partial charge >= 0.3 is 0 Å². The fourth-order valence-electron chi connectivity index (χ4n) is 8.36. The number of fused-ring (bicyclic) bond motifs is 1. The Morgan fingerprint density at radius 2 is 1.27 bits per heavy atom. The molecule has 0 aliphatic carbocycles. The minimum Gasteiger partial charge on any atom is -0.370 e. The van der Waals surface area contributed by atoms with Crippen LogP contribution in [0.15, 0.2) is 78.3 Å². The molecule has 2 aromatic heterocycles. The average molecular weight is 1150 g/mol. The number of para-hydroxylation sites is 1. The van der Waals surface area contributed by atoms with Gasteiger partial charge in [0.25, 0.3) is 0 Å². The van der Waals surface area contributed by atoms with E-state index in [1.807, 2.05) is 25.1 Å². The van der Waals surface area contributed by atoms with Crippen molar-refractivity contribution in [3.63, 3.8) is 0 Å². The lowest BCUT2D eigenvalue weighted by molar-refractivity contribution is -0.135. The van der Waals surface area contributed by atoms with Gasteiger partial charge in [-0.1, -0.05) is 89.9 Å². The second kappa shape index (κ2) is 31.5. The number of unbranched alkanes of at least 4 members (excludes halogenated alkanes) is 1. The summed E-state index contributed by atoms with van der Waals surface area (Å²) in [5.74, 6) is -8.41. The van der Waals surface area contributed by atoms with Crippen molar-refractivity contribution in [2.24, 2.45) is 22.2 Å². The van der Waals surface area contributed by atoms with E-state index in [4.69, 9.17) is 17.2 Å². The van der Waals surface area contributed by atoms with Crippen molar-refractivity contribution in [3.8, 4) is 0 Å². The number of aromatic nitrogens is 3. The van der Waals surface area contributed by atoms with E-state index in [0.717, 1.165) is 32.5 Å². The van der Waals surface area contributed by atoms with Gasteiger partial charge in [-0.3, -0.25) is 52.9 Å². The molecule has 80 heavy (non-hydrogen) atoms. The van der Waals surface area contributed by atoms with Crippen molar-refractivity contribution in [1.29, 1.82) is 0 Å². The second-order valence-corrected chi connectivity index (χ2v) is 21.7. The number of benzene rings is 2. The van der Waals surface area contributed by atoms with Crippen LogP contribution in [0.3, 0.4) is 0 Å². The quantitative estimate of drug-likeness (QED) is 0.0247. The lowest BCUT2D eigenvalue weighted by Crippen LogP contribution is -2.61. The molecule has 0 saturated carbocycles. The number of primary amides is 1. The third-order valence-corrected chi connectivity index (χ3v) is 15.1. The number of aliphatic imine (C=N–C) groups is 1. The summed E-state index contributed by atoms with van der Waals surface area (Å²) in [5, 5.41) is 24.8. The van der Waals surface area contributed by atoms with Crippen LogP contribution >= 0.6 is 21.6 Å². The number of guanidine groups is 1. The molecule has 0 spiro atoms. The van der Waals surface area contributed by atoms with Gasteiger partial charge in [-0.15, -0.1) is 0 Å². The number of imidazole rings is 1. The van der Waals surface area contributed by atoms with Gasteiger partial charge in [0.2, 0.25) is 59.1 Å². The van der Waals surface area contributed by atoms with E-state index in [1.165, 1.54) is 33.3 Å². The Kier molecular flexibility index (Phi) is 24.6. The highest BCUT2D eigenvalue weighted by Crippen LogP contribution is 2.24. The number of nitrogens with one attached hydrogen (secondary N) is 11. The Morgan fingerprint density at radius 3 is 1.93 bits per heavy atom. The van der Waals surface area contributed by atoms with Gasteiger partial charge in [0, 0.05) is 73.2 Å². The van der Waals surface area contributed by atoms with Crippen molar-refractivity contribution in [3.05, 3.63) is 90.1 Å². The first-order chi connectivity index (χ1) is 38.2. The van der Waals surface area contributed by atoms with E-state index in [2.05, 4.69) is 67.8 Å². The number of H-pyrrole nitrogens is 2. The number of nitrogens with zero attached hydrogens (tertiary/aromatic N) is 2. The normalized spacial score (nSPS) is 22.9. The number of aromatic amines is 2. The van der Waals surface area contributed by atoms with Gasteiger partial charge in [0.1, 0.15) is 54.4 Å². The molecular weight excluding hydrogens is 1070 g/mol. The molecule has 0 unspecified atom stereocenters. The molecule has 1 fully saturated rings. The molecule has 3 heterocycles. The summed E-state index contributed by atoms with van der Waals surface area (Å²) in [5.41, 5.74) is 19.3. The van der Waals surface area contributed by atoms with Crippen LogP contribution in [0, 0.1) is 0 Å².